The highest BCUT2D eigenvalue weighted by Gasteiger charge is 2.64. The highest BCUT2D eigenvalue weighted by Crippen LogP contribution is 2.56. The van der Waals surface area contributed by atoms with Crippen LogP contribution in [0.3, 0.4) is 0 Å². The summed E-state index contributed by atoms with van der Waals surface area (Å²) in [5.41, 5.74) is 2.79. The summed E-state index contributed by atoms with van der Waals surface area (Å²) < 4.78 is 22.4. The first-order chi connectivity index (χ1) is 30.1. The van der Waals surface area contributed by atoms with Crippen LogP contribution in [0.5, 0.6) is 5.75 Å². The molecular weight excluding hydrogens is 804 g/mol. The van der Waals surface area contributed by atoms with Crippen molar-refractivity contribution < 1.29 is 28.3 Å². The van der Waals surface area contributed by atoms with E-state index in [1.54, 1.807) is 35.2 Å². The molecule has 0 radical (unpaired) electrons. The van der Waals surface area contributed by atoms with Crippen LogP contribution in [-0.4, -0.2) is 102 Å². The molecule has 1 aromatic heterocycles. The quantitative estimate of drug-likeness (QED) is 0.196. The molecule has 4 aliphatic heterocycles. The van der Waals surface area contributed by atoms with Crippen LogP contribution in [0.2, 0.25) is 0 Å². The lowest BCUT2D eigenvalue weighted by Gasteiger charge is -2.63. The SMILES string of the molecule is CC1(C)C(NC(=O)c2ccc(N3CCC(CN4CCN(c5ccc6c(c5)CN([C@@H]5CCC(=O)NC5=O)C6=O)CC4)CC3)c(F)c2)C(C)(C)C1Oc1ccc(C#N)c2[nH]c(=O)ccc12. The van der Waals surface area contributed by atoms with Crippen molar-refractivity contribution in [1.29, 1.82) is 5.26 Å². The highest BCUT2D eigenvalue weighted by molar-refractivity contribution is 6.05. The second-order valence-electron chi connectivity index (χ2n) is 19.0. The molecule has 9 rings (SSSR count). The number of imide groups is 1. The van der Waals surface area contributed by atoms with Gasteiger partial charge in [-0.3, -0.25) is 34.2 Å². The van der Waals surface area contributed by atoms with E-state index in [-0.39, 0.29) is 47.4 Å². The summed E-state index contributed by atoms with van der Waals surface area (Å²) in [5.74, 6) is -0.612. The Labute approximate surface area is 365 Å². The van der Waals surface area contributed by atoms with Crippen LogP contribution in [0.4, 0.5) is 15.8 Å². The second-order valence-corrected chi connectivity index (χ2v) is 19.0. The maximum Gasteiger partial charge on any atom is 0.255 e. The first-order valence-corrected chi connectivity index (χ1v) is 22.0. The van der Waals surface area contributed by atoms with E-state index in [1.807, 2.05) is 39.8 Å². The molecule has 1 saturated carbocycles. The highest BCUT2D eigenvalue weighted by atomic mass is 19.1. The van der Waals surface area contributed by atoms with Crippen molar-refractivity contribution >= 4 is 45.9 Å². The monoisotopic (exact) mass is 856 g/mol. The summed E-state index contributed by atoms with van der Waals surface area (Å²) in [6.45, 7) is 14.4. The van der Waals surface area contributed by atoms with Gasteiger partial charge in [0.2, 0.25) is 17.4 Å². The van der Waals surface area contributed by atoms with Crippen molar-refractivity contribution in [3.63, 3.8) is 0 Å². The van der Waals surface area contributed by atoms with Crippen molar-refractivity contribution in [1.82, 2.24) is 25.4 Å². The Bertz CT molecular complexity index is 2610. The van der Waals surface area contributed by atoms with Crippen LogP contribution in [0.25, 0.3) is 10.9 Å². The number of carbonyl (C=O) groups excluding carboxylic acids is 4. The van der Waals surface area contributed by atoms with E-state index in [4.69, 9.17) is 4.74 Å². The number of nitrogens with one attached hydrogen (secondary N) is 3. The van der Waals surface area contributed by atoms with Crippen molar-refractivity contribution in [3.05, 3.63) is 99.1 Å². The second kappa shape index (κ2) is 16.1. The predicted octanol–water partition coefficient (Wildman–Crippen LogP) is 4.95. The summed E-state index contributed by atoms with van der Waals surface area (Å²) in [6, 6.07) is 18.3. The summed E-state index contributed by atoms with van der Waals surface area (Å²) in [7, 11) is 0. The standard InChI is InChI=1S/C48H53FN8O6/c1-47(2)45(48(3,4)46(47)63-38-12-6-30(25-50)41-34(38)9-13-39(58)51-41)53-42(60)29-5-10-36(35(49)24-29)56-17-15-28(16-18-56)26-54-19-21-55(22-20-54)32-7-8-33-31(23-32)27-57(44(33)62)37-11-14-40(59)52-43(37)61/h5-10,12-13,23-24,28,37,45-46H,11,14-22,26-27H2,1-4H3,(H,51,58)(H,53,60)(H,52,59,61)/t37-,45?,46?/m1/s1. The fourth-order valence-electron chi connectivity index (χ4n) is 11.1. The average molecular weight is 857 g/mol. The first kappa shape index (κ1) is 42.1. The Kier molecular flexibility index (Phi) is 10.8. The third-order valence-corrected chi connectivity index (χ3v) is 14.3. The normalized spacial score (nSPS) is 23.5. The van der Waals surface area contributed by atoms with E-state index in [0.717, 1.165) is 69.9 Å². The van der Waals surface area contributed by atoms with Gasteiger partial charge >= 0.3 is 0 Å². The molecule has 3 aromatic carbocycles. The van der Waals surface area contributed by atoms with Crippen molar-refractivity contribution in [2.75, 3.05) is 55.6 Å². The van der Waals surface area contributed by atoms with Crippen molar-refractivity contribution in [2.45, 2.75) is 78.1 Å². The summed E-state index contributed by atoms with van der Waals surface area (Å²) in [4.78, 5) is 74.2. The minimum atomic E-state index is -0.627. The molecule has 0 bridgehead atoms. The van der Waals surface area contributed by atoms with Crippen molar-refractivity contribution in [2.24, 2.45) is 16.7 Å². The summed E-state index contributed by atoms with van der Waals surface area (Å²) >= 11 is 0. The van der Waals surface area contributed by atoms with Crippen LogP contribution in [0, 0.1) is 33.9 Å². The zero-order valence-electron chi connectivity index (χ0n) is 36.1. The van der Waals surface area contributed by atoms with Gasteiger partial charge in [0.1, 0.15) is 29.8 Å². The van der Waals surface area contributed by atoms with E-state index in [1.165, 1.54) is 12.1 Å². The molecule has 3 saturated heterocycles. The van der Waals surface area contributed by atoms with Crippen LogP contribution < -0.4 is 30.7 Å². The molecular formula is C48H53FN8O6. The molecule has 4 amide bonds. The van der Waals surface area contributed by atoms with Gasteiger partial charge in [0.15, 0.2) is 0 Å². The summed E-state index contributed by atoms with van der Waals surface area (Å²) in [5, 5.41) is 15.7. The van der Waals surface area contributed by atoms with Crippen LogP contribution in [0.1, 0.15) is 85.2 Å². The molecule has 3 N–H and O–H groups in total. The molecule has 14 nitrogen and oxygen atoms in total. The lowest BCUT2D eigenvalue weighted by Crippen LogP contribution is -2.74. The number of benzene rings is 3. The fourth-order valence-corrected chi connectivity index (χ4v) is 11.1. The molecule has 4 fully saturated rings. The van der Waals surface area contributed by atoms with E-state index < -0.39 is 28.6 Å². The number of pyridine rings is 1. The van der Waals surface area contributed by atoms with Gasteiger partial charge in [0.05, 0.1) is 16.8 Å². The minimum Gasteiger partial charge on any atom is -0.488 e. The number of nitriles is 1. The molecule has 1 aliphatic carbocycles. The van der Waals surface area contributed by atoms with Gasteiger partial charge < -0.3 is 29.7 Å². The third-order valence-electron chi connectivity index (χ3n) is 14.3. The molecule has 0 unspecified atom stereocenters. The van der Waals surface area contributed by atoms with Gasteiger partial charge in [-0.25, -0.2) is 4.39 Å². The number of aromatic nitrogens is 1. The summed E-state index contributed by atoms with van der Waals surface area (Å²) in [6.07, 6.45) is 2.13. The number of rotatable bonds is 9. The Hall–Kier alpha value is -6.27. The van der Waals surface area contributed by atoms with Gasteiger partial charge in [-0.2, -0.15) is 5.26 Å². The number of H-pyrrole nitrogens is 1. The lowest BCUT2D eigenvalue weighted by atomic mass is 9.49. The number of anilines is 2. The maximum atomic E-state index is 15.8. The number of amides is 4. The van der Waals surface area contributed by atoms with Gasteiger partial charge in [0, 0.05) is 104 Å². The van der Waals surface area contributed by atoms with E-state index in [2.05, 4.69) is 42.5 Å². The number of piperidine rings is 2. The number of nitrogens with zero attached hydrogens (tertiary/aromatic N) is 5. The number of aromatic amines is 1. The molecule has 63 heavy (non-hydrogen) atoms. The largest absolute Gasteiger partial charge is 0.488 e. The predicted molar refractivity (Wildman–Crippen MR) is 235 cm³/mol. The molecule has 1 atom stereocenters. The van der Waals surface area contributed by atoms with Crippen LogP contribution in [0.15, 0.2) is 65.5 Å². The van der Waals surface area contributed by atoms with Crippen molar-refractivity contribution in [3.8, 4) is 11.8 Å². The van der Waals surface area contributed by atoms with E-state index in [0.29, 0.717) is 52.4 Å². The Morgan fingerprint density at radius 3 is 2.33 bits per heavy atom. The van der Waals surface area contributed by atoms with E-state index in [9.17, 15) is 29.2 Å². The van der Waals surface area contributed by atoms with Gasteiger partial charge in [0.25, 0.3) is 11.8 Å². The Morgan fingerprint density at radius 2 is 1.63 bits per heavy atom. The number of ether oxygens (including phenoxy) is 1. The number of halogens is 1. The number of hydrogen-bond acceptors (Lipinski definition) is 10. The lowest BCUT2D eigenvalue weighted by molar-refractivity contribution is -0.163. The number of fused-ring (bicyclic) bond motifs is 2. The maximum absolute atomic E-state index is 15.8. The average Bonchev–Trinajstić information content (AvgIpc) is 3.59. The van der Waals surface area contributed by atoms with Gasteiger partial charge in [-0.05, 0) is 85.3 Å². The van der Waals surface area contributed by atoms with Gasteiger partial charge in [-0.1, -0.05) is 27.7 Å². The number of hydrogen-bond donors (Lipinski definition) is 3. The molecule has 5 heterocycles. The zero-order valence-corrected chi connectivity index (χ0v) is 36.1. The smallest absolute Gasteiger partial charge is 0.255 e. The molecule has 5 aliphatic rings. The number of piperazine rings is 1. The Balaban J connectivity index is 0.751. The molecule has 4 aromatic rings. The topological polar surface area (TPSA) is 171 Å². The fraction of sp³-hybridized carbons (Fsp3) is 0.458. The first-order valence-electron chi connectivity index (χ1n) is 22.0. The number of carbonyl (C=O) groups is 4. The van der Waals surface area contributed by atoms with E-state index >= 15 is 4.39 Å². The van der Waals surface area contributed by atoms with Gasteiger partial charge in [-0.15, -0.1) is 0 Å². The Morgan fingerprint density at radius 1 is 0.889 bits per heavy atom. The molecule has 328 valence electrons. The molecule has 0 spiro atoms. The third kappa shape index (κ3) is 7.68. The van der Waals surface area contributed by atoms with Crippen LogP contribution in [-0.2, 0) is 16.1 Å². The molecule has 15 heteroatoms. The minimum absolute atomic E-state index is 0.164. The zero-order chi connectivity index (χ0) is 44.4. The van der Waals surface area contributed by atoms with Crippen LogP contribution >= 0.6 is 0 Å².